The third-order valence-corrected chi connectivity index (χ3v) is 4.03. The molecule has 8 heteroatoms. The first kappa shape index (κ1) is 14.9. The van der Waals surface area contributed by atoms with Crippen molar-refractivity contribution in [3.05, 3.63) is 55.8 Å². The van der Waals surface area contributed by atoms with Crippen molar-refractivity contribution in [2.75, 3.05) is 5.43 Å². The second kappa shape index (κ2) is 6.33. The Morgan fingerprint density at radius 2 is 2.19 bits per heavy atom. The minimum Gasteiger partial charge on any atom is -0.347 e. The molecule has 0 saturated carbocycles. The molecule has 2 rings (SSSR count). The molecule has 0 bridgehead atoms. The van der Waals surface area contributed by atoms with Crippen molar-refractivity contribution in [1.82, 2.24) is 5.32 Å². The van der Waals surface area contributed by atoms with Crippen LogP contribution in [0.15, 0.2) is 29.6 Å². The number of nitrogen functional groups attached to an aromatic ring is 1. The molecule has 0 atom stereocenters. The van der Waals surface area contributed by atoms with Gasteiger partial charge in [-0.2, -0.15) is 0 Å². The van der Waals surface area contributed by atoms with Gasteiger partial charge in [-0.05, 0) is 30.0 Å². The van der Waals surface area contributed by atoms with Crippen LogP contribution in [0.4, 0.5) is 11.4 Å². The number of nitrogens with zero attached hydrogens (tertiary/aromatic N) is 1. The highest BCUT2D eigenvalue weighted by atomic mass is 32.1. The van der Waals surface area contributed by atoms with E-state index in [2.05, 4.69) is 10.7 Å². The number of nitrogens with one attached hydrogen (secondary N) is 2. The standard InChI is InChI=1S/C13H14N4O3S/c1-8-5-6-21-11(8)7-15-13(18)9-3-2-4-10(17(19)20)12(9)16-14/h2-6,16H,7,14H2,1H3,(H,15,18). The first-order valence-corrected chi connectivity index (χ1v) is 6.97. The van der Waals surface area contributed by atoms with E-state index in [1.54, 1.807) is 11.3 Å². The van der Waals surface area contributed by atoms with Gasteiger partial charge in [0.15, 0.2) is 0 Å². The molecule has 0 radical (unpaired) electrons. The van der Waals surface area contributed by atoms with Crippen molar-refractivity contribution in [3.8, 4) is 0 Å². The lowest BCUT2D eigenvalue weighted by molar-refractivity contribution is -0.384. The van der Waals surface area contributed by atoms with E-state index in [0.29, 0.717) is 6.54 Å². The summed E-state index contributed by atoms with van der Waals surface area (Å²) in [5.41, 5.74) is 3.23. The zero-order valence-electron chi connectivity index (χ0n) is 11.3. The fraction of sp³-hybridized carbons (Fsp3) is 0.154. The number of aryl methyl sites for hydroxylation is 1. The molecular formula is C13H14N4O3S. The van der Waals surface area contributed by atoms with Crippen molar-refractivity contribution in [2.45, 2.75) is 13.5 Å². The molecule has 0 aliphatic rings. The zero-order valence-corrected chi connectivity index (χ0v) is 12.1. The normalized spacial score (nSPS) is 10.2. The van der Waals surface area contributed by atoms with Crippen LogP contribution in [0.1, 0.15) is 20.8 Å². The quantitative estimate of drug-likeness (QED) is 0.445. The largest absolute Gasteiger partial charge is 0.347 e. The van der Waals surface area contributed by atoms with Crippen LogP contribution in [0.5, 0.6) is 0 Å². The summed E-state index contributed by atoms with van der Waals surface area (Å²) in [5.74, 6) is 4.89. The summed E-state index contributed by atoms with van der Waals surface area (Å²) in [4.78, 5) is 23.6. The third-order valence-electron chi connectivity index (χ3n) is 3.01. The maximum atomic E-state index is 12.2. The molecule has 1 heterocycles. The fourth-order valence-corrected chi connectivity index (χ4v) is 2.72. The Hall–Kier alpha value is -2.45. The van der Waals surface area contributed by atoms with Gasteiger partial charge in [-0.3, -0.25) is 20.8 Å². The number of carbonyl (C=O) groups excluding carboxylic acids is 1. The summed E-state index contributed by atoms with van der Waals surface area (Å²) >= 11 is 1.54. The number of amides is 1. The van der Waals surface area contributed by atoms with Crippen molar-refractivity contribution < 1.29 is 9.72 Å². The Kier molecular flexibility index (Phi) is 4.51. The second-order valence-corrected chi connectivity index (χ2v) is 5.31. The molecule has 21 heavy (non-hydrogen) atoms. The minimum absolute atomic E-state index is 0.00269. The van der Waals surface area contributed by atoms with E-state index in [9.17, 15) is 14.9 Å². The monoisotopic (exact) mass is 306 g/mol. The van der Waals surface area contributed by atoms with Gasteiger partial charge in [0.2, 0.25) is 0 Å². The van der Waals surface area contributed by atoms with Crippen LogP contribution in [0, 0.1) is 17.0 Å². The Bertz CT molecular complexity index is 684. The van der Waals surface area contributed by atoms with E-state index in [-0.39, 0.29) is 16.9 Å². The Morgan fingerprint density at radius 3 is 2.76 bits per heavy atom. The number of rotatable bonds is 5. The third kappa shape index (κ3) is 3.18. The molecule has 0 spiro atoms. The molecule has 4 N–H and O–H groups in total. The minimum atomic E-state index is -0.588. The number of hydrazine groups is 1. The molecule has 2 aromatic rings. The summed E-state index contributed by atoms with van der Waals surface area (Å²) in [6.07, 6.45) is 0. The van der Waals surface area contributed by atoms with Crippen LogP contribution in [0.3, 0.4) is 0 Å². The van der Waals surface area contributed by atoms with Crippen LogP contribution >= 0.6 is 11.3 Å². The molecule has 110 valence electrons. The van der Waals surface area contributed by atoms with Gasteiger partial charge < -0.3 is 10.7 Å². The number of nitrogens with two attached hydrogens (primary N) is 1. The molecular weight excluding hydrogens is 292 g/mol. The van der Waals surface area contributed by atoms with Gasteiger partial charge in [0.05, 0.1) is 17.0 Å². The molecule has 1 amide bonds. The lowest BCUT2D eigenvalue weighted by Crippen LogP contribution is -2.25. The van der Waals surface area contributed by atoms with E-state index >= 15 is 0 Å². The van der Waals surface area contributed by atoms with Crippen molar-refractivity contribution in [2.24, 2.45) is 5.84 Å². The molecule has 0 aliphatic carbocycles. The predicted octanol–water partition coefficient (Wildman–Crippen LogP) is 2.18. The number of carbonyl (C=O) groups is 1. The summed E-state index contributed by atoms with van der Waals surface area (Å²) < 4.78 is 0. The van der Waals surface area contributed by atoms with E-state index < -0.39 is 10.8 Å². The number of anilines is 1. The molecule has 0 fully saturated rings. The van der Waals surface area contributed by atoms with Crippen LogP contribution in [0.2, 0.25) is 0 Å². The molecule has 0 saturated heterocycles. The Morgan fingerprint density at radius 1 is 1.43 bits per heavy atom. The smallest absolute Gasteiger partial charge is 0.294 e. The highest BCUT2D eigenvalue weighted by Gasteiger charge is 2.20. The Labute approximate surface area is 124 Å². The zero-order chi connectivity index (χ0) is 15.4. The fourth-order valence-electron chi connectivity index (χ4n) is 1.87. The van der Waals surface area contributed by atoms with Gasteiger partial charge >= 0.3 is 0 Å². The molecule has 1 aromatic heterocycles. The molecule has 1 aromatic carbocycles. The lowest BCUT2D eigenvalue weighted by atomic mass is 10.1. The van der Waals surface area contributed by atoms with E-state index in [4.69, 9.17) is 5.84 Å². The highest BCUT2D eigenvalue weighted by Crippen LogP contribution is 2.27. The van der Waals surface area contributed by atoms with Gasteiger partial charge in [-0.15, -0.1) is 11.3 Å². The van der Waals surface area contributed by atoms with Crippen molar-refractivity contribution in [3.63, 3.8) is 0 Å². The average molecular weight is 306 g/mol. The Balaban J connectivity index is 2.21. The number of hydrogen-bond donors (Lipinski definition) is 3. The lowest BCUT2D eigenvalue weighted by Gasteiger charge is -2.09. The average Bonchev–Trinajstić information content (AvgIpc) is 2.89. The number of thiophene rings is 1. The summed E-state index contributed by atoms with van der Waals surface area (Å²) in [6.45, 7) is 2.33. The predicted molar refractivity (Wildman–Crippen MR) is 81.1 cm³/mol. The molecule has 7 nitrogen and oxygen atoms in total. The van der Waals surface area contributed by atoms with Crippen LogP contribution in [-0.4, -0.2) is 10.8 Å². The van der Waals surface area contributed by atoms with Crippen LogP contribution in [-0.2, 0) is 6.54 Å². The van der Waals surface area contributed by atoms with Gasteiger partial charge in [-0.25, -0.2) is 0 Å². The van der Waals surface area contributed by atoms with Crippen molar-refractivity contribution >= 4 is 28.6 Å². The molecule has 0 aliphatic heterocycles. The first-order valence-electron chi connectivity index (χ1n) is 6.09. The van der Waals surface area contributed by atoms with Gasteiger partial charge in [0.1, 0.15) is 5.69 Å². The summed E-state index contributed by atoms with van der Waals surface area (Å²) in [7, 11) is 0. The number of benzene rings is 1. The van der Waals surface area contributed by atoms with Crippen molar-refractivity contribution in [1.29, 1.82) is 0 Å². The SMILES string of the molecule is Cc1ccsc1CNC(=O)c1cccc([N+](=O)[O-])c1NN. The number of nitro groups is 1. The van der Waals surface area contributed by atoms with E-state index in [0.717, 1.165) is 10.4 Å². The topological polar surface area (TPSA) is 110 Å². The van der Waals surface area contributed by atoms with Gasteiger partial charge in [0.25, 0.3) is 11.6 Å². The first-order chi connectivity index (χ1) is 10.0. The second-order valence-electron chi connectivity index (χ2n) is 4.31. The highest BCUT2D eigenvalue weighted by molar-refractivity contribution is 7.10. The van der Waals surface area contributed by atoms with Crippen LogP contribution < -0.4 is 16.6 Å². The van der Waals surface area contributed by atoms with Crippen LogP contribution in [0.25, 0.3) is 0 Å². The van der Waals surface area contributed by atoms with E-state index in [1.165, 1.54) is 18.2 Å². The number of nitro benzene ring substituents is 1. The number of hydrogen-bond acceptors (Lipinski definition) is 6. The maximum Gasteiger partial charge on any atom is 0.294 e. The summed E-state index contributed by atoms with van der Waals surface area (Å²) in [6, 6.07) is 6.19. The van der Waals surface area contributed by atoms with Gasteiger partial charge in [0, 0.05) is 10.9 Å². The number of para-hydroxylation sites is 1. The summed E-state index contributed by atoms with van der Waals surface area (Å²) in [5, 5.41) is 15.6. The van der Waals surface area contributed by atoms with E-state index in [1.807, 2.05) is 18.4 Å². The van der Waals surface area contributed by atoms with Gasteiger partial charge in [-0.1, -0.05) is 6.07 Å². The molecule has 0 unspecified atom stereocenters. The maximum absolute atomic E-state index is 12.2.